The minimum absolute atomic E-state index is 0.103. The summed E-state index contributed by atoms with van der Waals surface area (Å²) in [6, 6.07) is 18.3. The van der Waals surface area contributed by atoms with Crippen LogP contribution in [0.2, 0.25) is 0 Å². The third-order valence-corrected chi connectivity index (χ3v) is 14.2. The van der Waals surface area contributed by atoms with E-state index in [1.165, 1.54) is 23.5 Å². The second-order valence-corrected chi connectivity index (χ2v) is 17.7. The van der Waals surface area contributed by atoms with Gasteiger partial charge in [0.05, 0.1) is 35.9 Å². The predicted molar refractivity (Wildman–Crippen MR) is 254 cm³/mol. The van der Waals surface area contributed by atoms with Crippen LogP contribution in [-0.2, 0) is 9.47 Å². The van der Waals surface area contributed by atoms with Crippen molar-refractivity contribution in [3.8, 4) is 0 Å². The topological polar surface area (TPSA) is 254 Å². The molecule has 11 rings (SSSR count). The Morgan fingerprint density at radius 3 is 1.99 bits per heavy atom. The summed E-state index contributed by atoms with van der Waals surface area (Å²) in [6.07, 6.45) is 12.2. The van der Waals surface area contributed by atoms with E-state index in [4.69, 9.17) is 9.47 Å². The van der Waals surface area contributed by atoms with Crippen LogP contribution >= 0.6 is 0 Å². The molecular weight excluding hydrogens is 869 g/mol. The molecule has 9 heterocycles. The van der Waals surface area contributed by atoms with Gasteiger partial charge in [-0.15, -0.1) is 0 Å². The molecule has 0 saturated carbocycles. The summed E-state index contributed by atoms with van der Waals surface area (Å²) in [5, 5.41) is 12.7. The maximum atomic E-state index is 12.6. The van der Waals surface area contributed by atoms with E-state index in [1.807, 2.05) is 28.8 Å². The Morgan fingerprint density at radius 2 is 1.32 bits per heavy atom. The van der Waals surface area contributed by atoms with Gasteiger partial charge in [-0.2, -0.15) is 0 Å². The average Bonchev–Trinajstić information content (AvgIpc) is 4.08. The Morgan fingerprint density at radius 1 is 0.735 bits per heavy atom. The van der Waals surface area contributed by atoms with Crippen molar-refractivity contribution in [3.05, 3.63) is 130 Å². The molecular formula is C48H56N14O6. The van der Waals surface area contributed by atoms with Crippen LogP contribution in [0.25, 0.3) is 22.3 Å². The summed E-state index contributed by atoms with van der Waals surface area (Å²) in [6.45, 7) is 12.3. The van der Waals surface area contributed by atoms with Crippen molar-refractivity contribution in [1.82, 2.24) is 59.6 Å². The molecule has 20 heteroatoms. The van der Waals surface area contributed by atoms with Gasteiger partial charge in [0.25, 0.3) is 17.4 Å². The molecule has 4 aliphatic heterocycles. The zero-order valence-corrected chi connectivity index (χ0v) is 38.6. The third kappa shape index (κ3) is 8.70. The predicted octanol–water partition coefficient (Wildman–Crippen LogP) is 5.27. The summed E-state index contributed by atoms with van der Waals surface area (Å²) < 4.78 is 16.4. The minimum atomic E-state index is -0.404. The van der Waals surface area contributed by atoms with E-state index in [0.717, 1.165) is 45.2 Å². The van der Waals surface area contributed by atoms with Crippen LogP contribution in [0.15, 0.2) is 102 Å². The SMILES string of the molecule is CC[C@@]12CCCN[C@@H]([C@H](n3cnc4c(NC(=O)c5ccccc5)ncnc43)O1)[C@@H]2C.CC[C@@]12CCN[C@@H]([C@H](n3cc(C)c(=O)[nH]c3=O)O1)[C@@H]2C.O=C(Nc1ncnc2nc[nH]c12)c1ccccc1. The lowest BCUT2D eigenvalue weighted by atomic mass is 9.78. The molecule has 8 atom stereocenters. The summed E-state index contributed by atoms with van der Waals surface area (Å²) in [5.74, 6) is 1.10. The maximum absolute atomic E-state index is 12.6. The molecule has 4 aliphatic rings. The minimum Gasteiger partial charge on any atom is -0.349 e. The lowest BCUT2D eigenvalue weighted by Gasteiger charge is -2.36. The van der Waals surface area contributed by atoms with Crippen molar-refractivity contribution in [2.75, 3.05) is 23.7 Å². The van der Waals surface area contributed by atoms with Gasteiger partial charge in [0.15, 0.2) is 40.9 Å². The summed E-state index contributed by atoms with van der Waals surface area (Å²) in [4.78, 5) is 78.6. The second kappa shape index (κ2) is 19.3. The number of aromatic nitrogens is 10. The van der Waals surface area contributed by atoms with Gasteiger partial charge in [0, 0.05) is 34.7 Å². The van der Waals surface area contributed by atoms with Crippen molar-refractivity contribution in [2.45, 2.75) is 102 Å². The fourth-order valence-corrected chi connectivity index (χ4v) is 10.2. The number of aryl methyl sites for hydroxylation is 1. The van der Waals surface area contributed by atoms with Crippen LogP contribution in [0.3, 0.4) is 0 Å². The fraction of sp³-hybridized carbons (Fsp3) is 0.417. The molecule has 4 bridgehead atoms. The van der Waals surface area contributed by atoms with Crippen LogP contribution in [0.4, 0.5) is 11.6 Å². The summed E-state index contributed by atoms with van der Waals surface area (Å²) in [5.41, 5.74) is 2.98. The molecule has 2 aromatic carbocycles. The molecule has 0 unspecified atom stereocenters. The summed E-state index contributed by atoms with van der Waals surface area (Å²) in [7, 11) is 0. The molecule has 7 aromatic rings. The van der Waals surface area contributed by atoms with Crippen molar-refractivity contribution >= 4 is 45.8 Å². The molecule has 4 saturated heterocycles. The van der Waals surface area contributed by atoms with Crippen molar-refractivity contribution in [1.29, 1.82) is 0 Å². The smallest absolute Gasteiger partial charge is 0.330 e. The van der Waals surface area contributed by atoms with Crippen LogP contribution in [0, 0.1) is 18.8 Å². The van der Waals surface area contributed by atoms with Crippen molar-refractivity contribution < 1.29 is 19.1 Å². The summed E-state index contributed by atoms with van der Waals surface area (Å²) >= 11 is 0. The Labute approximate surface area is 391 Å². The number of H-pyrrole nitrogens is 2. The second-order valence-electron chi connectivity index (χ2n) is 17.7. The number of imidazole rings is 2. The fourth-order valence-electron chi connectivity index (χ4n) is 10.2. The van der Waals surface area contributed by atoms with Gasteiger partial charge in [-0.05, 0) is 76.4 Å². The first kappa shape index (κ1) is 46.1. The van der Waals surface area contributed by atoms with Crippen molar-refractivity contribution in [2.24, 2.45) is 11.8 Å². The molecule has 5 aromatic heterocycles. The monoisotopic (exact) mass is 924 g/mol. The number of carbonyl (C=O) groups is 2. The number of hydrogen-bond acceptors (Lipinski definition) is 14. The molecule has 68 heavy (non-hydrogen) atoms. The zero-order valence-electron chi connectivity index (χ0n) is 38.6. The molecule has 0 spiro atoms. The number of hydrogen-bond donors (Lipinski definition) is 6. The van der Waals surface area contributed by atoms with Crippen LogP contribution < -0.4 is 32.5 Å². The number of nitrogens with zero attached hydrogens (tertiary/aromatic N) is 8. The Kier molecular flexibility index (Phi) is 13.1. The van der Waals surface area contributed by atoms with Gasteiger partial charge in [-0.3, -0.25) is 28.5 Å². The standard InChI is InChI=1S/C22H26N6O2.C14H21N3O3.C12H9N5O/c1-3-22-10-7-11-23-16(14(22)2)21(30-22)28-13-26-17-18(24-12-25-19(17)28)27-20(29)15-8-5-4-6-9-15;1-4-14-5-6-15-10(9(14)3)12(20-14)17-7-8(2)11(18)16-13(17)19;18-12(8-4-2-1-3-5-8)17-11-9-10(14-6-13-9)15-7-16-11/h4-6,8-9,12-14,16,21,23H,3,7,10-11H2,1-2H3,(H,24,25,27,29);7,9-10,12,15H,4-6H2,1-3H3,(H,16,18,19);1-7H,(H2,13,14,15,16,17,18)/t14-,16+,21+,22-;9-,10+,12+,14-;/m00./s1. The highest BCUT2D eigenvalue weighted by atomic mass is 16.5. The average molecular weight is 925 g/mol. The number of nitrogens with one attached hydrogen (secondary N) is 6. The van der Waals surface area contributed by atoms with E-state index >= 15 is 0 Å². The number of benzene rings is 2. The largest absolute Gasteiger partial charge is 0.349 e. The molecule has 6 N–H and O–H groups in total. The van der Waals surface area contributed by atoms with E-state index in [0.29, 0.717) is 62.5 Å². The number of ether oxygens (including phenoxy) is 2. The highest BCUT2D eigenvalue weighted by Gasteiger charge is 2.55. The quantitative estimate of drug-likeness (QED) is 0.114. The highest BCUT2D eigenvalue weighted by Crippen LogP contribution is 2.49. The number of fused-ring (bicyclic) bond motifs is 6. The van der Waals surface area contributed by atoms with Gasteiger partial charge in [0.2, 0.25) is 0 Å². The number of carbonyl (C=O) groups excluding carboxylic acids is 2. The van der Waals surface area contributed by atoms with E-state index in [9.17, 15) is 19.2 Å². The lowest BCUT2D eigenvalue weighted by molar-refractivity contribution is -0.0942. The first-order valence-electron chi connectivity index (χ1n) is 23.1. The van der Waals surface area contributed by atoms with Crippen LogP contribution in [0.1, 0.15) is 98.5 Å². The Balaban J connectivity index is 0.000000133. The van der Waals surface area contributed by atoms with Gasteiger partial charge in [-0.25, -0.2) is 34.7 Å². The first-order chi connectivity index (χ1) is 33.0. The number of anilines is 2. The maximum Gasteiger partial charge on any atom is 0.330 e. The number of rotatable bonds is 8. The van der Waals surface area contributed by atoms with E-state index in [1.54, 1.807) is 55.8 Å². The van der Waals surface area contributed by atoms with E-state index in [-0.39, 0.29) is 53.1 Å². The zero-order chi connectivity index (χ0) is 47.6. The van der Waals surface area contributed by atoms with Gasteiger partial charge >= 0.3 is 5.69 Å². The highest BCUT2D eigenvalue weighted by molar-refractivity contribution is 6.07. The van der Waals surface area contributed by atoms with Crippen LogP contribution in [0.5, 0.6) is 0 Å². The Bertz CT molecular complexity index is 3030. The third-order valence-electron chi connectivity index (χ3n) is 14.2. The molecule has 0 aliphatic carbocycles. The molecule has 354 valence electrons. The van der Waals surface area contributed by atoms with Crippen molar-refractivity contribution in [3.63, 3.8) is 0 Å². The van der Waals surface area contributed by atoms with Crippen LogP contribution in [-0.4, -0.2) is 97.2 Å². The molecule has 20 nitrogen and oxygen atoms in total. The Hall–Kier alpha value is -7.00. The van der Waals surface area contributed by atoms with Gasteiger partial charge < -0.3 is 35.7 Å². The van der Waals surface area contributed by atoms with Gasteiger partial charge in [0.1, 0.15) is 18.2 Å². The first-order valence-corrected chi connectivity index (χ1v) is 23.1. The van der Waals surface area contributed by atoms with Gasteiger partial charge in [-0.1, -0.05) is 64.1 Å². The molecule has 0 radical (unpaired) electrons. The number of aromatic amines is 2. The molecule has 2 amide bonds. The van der Waals surface area contributed by atoms with E-state index < -0.39 is 5.69 Å². The normalized spacial score (nSPS) is 26.0. The lowest BCUT2D eigenvalue weighted by Crippen LogP contribution is -2.50. The number of amides is 2. The van der Waals surface area contributed by atoms with E-state index in [2.05, 4.69) is 88.8 Å². The molecule has 4 fully saturated rings. The number of piperidine rings is 1.